The molecule has 0 saturated heterocycles. The topological polar surface area (TPSA) is 9.23 Å². The average Bonchev–Trinajstić information content (AvgIpc) is 2.41. The van der Waals surface area contributed by atoms with E-state index in [1.807, 2.05) is 6.07 Å². The largest absolute Gasteiger partial charge is 0.493 e. The third kappa shape index (κ3) is 4.28. The van der Waals surface area contributed by atoms with E-state index in [0.29, 0.717) is 5.92 Å². The fourth-order valence-corrected chi connectivity index (χ4v) is 2.71. The molecule has 0 aromatic heterocycles. The van der Waals surface area contributed by atoms with Crippen LogP contribution in [-0.4, -0.2) is 6.61 Å². The van der Waals surface area contributed by atoms with Crippen molar-refractivity contribution >= 4 is 11.6 Å². The van der Waals surface area contributed by atoms with E-state index in [1.165, 1.54) is 5.56 Å². The van der Waals surface area contributed by atoms with Crippen molar-refractivity contribution < 1.29 is 4.74 Å². The fraction of sp³-hybridized carbons (Fsp3) is 0.556. The summed E-state index contributed by atoms with van der Waals surface area (Å²) < 4.78 is 6.00. The van der Waals surface area contributed by atoms with Gasteiger partial charge in [-0.2, -0.15) is 0 Å². The van der Waals surface area contributed by atoms with Crippen LogP contribution in [-0.2, 0) is 0 Å². The maximum absolute atomic E-state index is 6.36. The van der Waals surface area contributed by atoms with E-state index in [9.17, 15) is 0 Å². The minimum atomic E-state index is 0.419. The summed E-state index contributed by atoms with van der Waals surface area (Å²) in [6.07, 6.45) is 7.60. The van der Waals surface area contributed by atoms with E-state index in [2.05, 4.69) is 46.8 Å². The van der Waals surface area contributed by atoms with E-state index < -0.39 is 0 Å². The summed E-state index contributed by atoms with van der Waals surface area (Å²) in [6.45, 7) is 11.5. The first-order valence-electron chi connectivity index (χ1n) is 7.60. The number of ether oxygens (including phenoxy) is 1. The molecule has 0 heterocycles. The van der Waals surface area contributed by atoms with Crippen LogP contribution in [0.15, 0.2) is 18.2 Å². The molecular formula is C18H27ClO. The number of allylic oxidation sites excluding steroid dienone is 2. The maximum Gasteiger partial charge on any atom is 0.126 e. The minimum Gasteiger partial charge on any atom is -0.493 e. The Bertz CT molecular complexity index is 463. The zero-order valence-electron chi connectivity index (χ0n) is 13.4. The highest BCUT2D eigenvalue weighted by molar-refractivity contribution is 6.31. The van der Waals surface area contributed by atoms with E-state index in [0.717, 1.165) is 47.8 Å². The molecule has 0 aliphatic carbocycles. The van der Waals surface area contributed by atoms with Gasteiger partial charge in [0.25, 0.3) is 0 Å². The van der Waals surface area contributed by atoms with Crippen LogP contribution in [0.3, 0.4) is 0 Å². The van der Waals surface area contributed by atoms with Gasteiger partial charge in [0.2, 0.25) is 0 Å². The van der Waals surface area contributed by atoms with Gasteiger partial charge in [-0.25, -0.2) is 0 Å². The second-order valence-corrected chi connectivity index (χ2v) is 5.82. The lowest BCUT2D eigenvalue weighted by atomic mass is 9.90. The number of benzene rings is 1. The van der Waals surface area contributed by atoms with E-state index in [-0.39, 0.29) is 0 Å². The fourth-order valence-electron chi connectivity index (χ4n) is 2.45. The van der Waals surface area contributed by atoms with Crippen LogP contribution in [0.4, 0.5) is 0 Å². The predicted molar refractivity (Wildman–Crippen MR) is 89.2 cm³/mol. The highest BCUT2D eigenvalue weighted by Crippen LogP contribution is 2.38. The van der Waals surface area contributed by atoms with Crippen LogP contribution in [0.2, 0.25) is 5.02 Å². The van der Waals surface area contributed by atoms with Gasteiger partial charge in [0, 0.05) is 10.6 Å². The van der Waals surface area contributed by atoms with Gasteiger partial charge in [-0.15, -0.1) is 0 Å². The van der Waals surface area contributed by atoms with Crippen molar-refractivity contribution in [2.45, 2.75) is 59.8 Å². The first-order valence-corrected chi connectivity index (χ1v) is 7.98. The van der Waals surface area contributed by atoms with Gasteiger partial charge in [0.05, 0.1) is 6.61 Å². The molecular weight excluding hydrogens is 268 g/mol. The standard InChI is InChI=1S/C18H27ClO/c1-6-8-9-10-13(3)17-15(5)16(19)12-14(4)18(17)20-11-7-2/h8-9,12-13H,6-7,10-11H2,1-5H3/b9-8-. The first-order chi connectivity index (χ1) is 9.52. The van der Waals surface area contributed by atoms with Gasteiger partial charge in [0.1, 0.15) is 5.75 Å². The van der Waals surface area contributed by atoms with Crippen LogP contribution >= 0.6 is 11.6 Å². The molecule has 2 heteroatoms. The predicted octanol–water partition coefficient (Wildman–Crippen LogP) is 6.21. The molecule has 1 nitrogen and oxygen atoms in total. The highest BCUT2D eigenvalue weighted by atomic mass is 35.5. The molecule has 1 aromatic rings. The third-order valence-electron chi connectivity index (χ3n) is 3.54. The number of hydrogen-bond acceptors (Lipinski definition) is 1. The third-order valence-corrected chi connectivity index (χ3v) is 3.94. The summed E-state index contributed by atoms with van der Waals surface area (Å²) in [6, 6.07) is 2.01. The lowest BCUT2D eigenvalue weighted by Crippen LogP contribution is -2.06. The van der Waals surface area contributed by atoms with Crippen LogP contribution < -0.4 is 4.74 Å². The Balaban J connectivity index is 3.15. The number of rotatable bonds is 7. The Morgan fingerprint density at radius 3 is 2.55 bits per heavy atom. The van der Waals surface area contributed by atoms with Gasteiger partial charge in [0.15, 0.2) is 0 Å². The Labute approximate surface area is 129 Å². The molecule has 0 aliphatic heterocycles. The molecule has 112 valence electrons. The molecule has 0 fully saturated rings. The zero-order chi connectivity index (χ0) is 15.1. The molecule has 1 aromatic carbocycles. The van der Waals surface area contributed by atoms with Crippen molar-refractivity contribution in [2.75, 3.05) is 6.61 Å². The van der Waals surface area contributed by atoms with Crippen LogP contribution in [0, 0.1) is 13.8 Å². The summed E-state index contributed by atoms with van der Waals surface area (Å²) in [5, 5.41) is 0.840. The van der Waals surface area contributed by atoms with Gasteiger partial charge < -0.3 is 4.74 Å². The normalized spacial score (nSPS) is 12.9. The molecule has 0 spiro atoms. The maximum atomic E-state index is 6.36. The highest BCUT2D eigenvalue weighted by Gasteiger charge is 2.18. The van der Waals surface area contributed by atoms with Crippen molar-refractivity contribution in [3.05, 3.63) is 39.9 Å². The van der Waals surface area contributed by atoms with Gasteiger partial charge in [-0.1, -0.05) is 44.5 Å². The average molecular weight is 295 g/mol. The quantitative estimate of drug-likeness (QED) is 0.544. The van der Waals surface area contributed by atoms with Crippen molar-refractivity contribution in [2.24, 2.45) is 0 Å². The summed E-state index contributed by atoms with van der Waals surface area (Å²) in [4.78, 5) is 0. The summed E-state index contributed by atoms with van der Waals surface area (Å²) in [7, 11) is 0. The molecule has 1 atom stereocenters. The molecule has 20 heavy (non-hydrogen) atoms. The lowest BCUT2D eigenvalue weighted by Gasteiger charge is -2.21. The Morgan fingerprint density at radius 2 is 1.95 bits per heavy atom. The van der Waals surface area contributed by atoms with Gasteiger partial charge in [-0.05, 0) is 56.2 Å². The summed E-state index contributed by atoms with van der Waals surface area (Å²) in [5.41, 5.74) is 3.56. The van der Waals surface area contributed by atoms with E-state index >= 15 is 0 Å². The monoisotopic (exact) mass is 294 g/mol. The molecule has 0 radical (unpaired) electrons. The first kappa shape index (κ1) is 17.1. The van der Waals surface area contributed by atoms with Crippen LogP contribution in [0.1, 0.15) is 62.6 Å². The van der Waals surface area contributed by atoms with Crippen molar-refractivity contribution in [1.82, 2.24) is 0 Å². The Kier molecular flexibility index (Phi) is 7.15. The van der Waals surface area contributed by atoms with Crippen LogP contribution in [0.25, 0.3) is 0 Å². The van der Waals surface area contributed by atoms with Crippen molar-refractivity contribution in [3.8, 4) is 5.75 Å². The zero-order valence-corrected chi connectivity index (χ0v) is 14.2. The molecule has 1 rings (SSSR count). The number of aryl methyl sites for hydroxylation is 1. The summed E-state index contributed by atoms with van der Waals surface area (Å²) in [5.74, 6) is 1.45. The minimum absolute atomic E-state index is 0.419. The Hall–Kier alpha value is -0.950. The number of halogens is 1. The summed E-state index contributed by atoms with van der Waals surface area (Å²) >= 11 is 6.36. The SMILES string of the molecule is CC/C=C\CC(C)c1c(C)c(Cl)cc(C)c1OCCC. The second kappa shape index (κ2) is 8.36. The van der Waals surface area contributed by atoms with Crippen molar-refractivity contribution in [1.29, 1.82) is 0 Å². The molecule has 0 aliphatic rings. The van der Waals surface area contributed by atoms with Crippen molar-refractivity contribution in [3.63, 3.8) is 0 Å². The van der Waals surface area contributed by atoms with Gasteiger partial charge in [-0.3, -0.25) is 0 Å². The van der Waals surface area contributed by atoms with E-state index in [1.54, 1.807) is 0 Å². The molecule has 0 saturated carbocycles. The second-order valence-electron chi connectivity index (χ2n) is 5.41. The molecule has 0 bridgehead atoms. The molecule has 0 amide bonds. The Morgan fingerprint density at radius 1 is 1.25 bits per heavy atom. The van der Waals surface area contributed by atoms with Gasteiger partial charge >= 0.3 is 0 Å². The lowest BCUT2D eigenvalue weighted by molar-refractivity contribution is 0.310. The van der Waals surface area contributed by atoms with Crippen LogP contribution in [0.5, 0.6) is 5.75 Å². The molecule has 0 N–H and O–H groups in total. The van der Waals surface area contributed by atoms with E-state index in [4.69, 9.17) is 16.3 Å². The molecule has 1 unspecified atom stereocenters. The number of hydrogen-bond donors (Lipinski definition) is 0. The smallest absolute Gasteiger partial charge is 0.126 e.